The smallest absolute Gasteiger partial charge is 0.242 e. The number of hydrogen-bond acceptors (Lipinski definition) is 5. The van der Waals surface area contributed by atoms with Crippen molar-refractivity contribution in [1.29, 1.82) is 0 Å². The monoisotopic (exact) mass is 245 g/mol. The molecule has 0 aromatic carbocycles. The van der Waals surface area contributed by atoms with Crippen molar-refractivity contribution in [2.24, 2.45) is 5.11 Å². The molecule has 92 valence electrons. The third-order valence-electron chi connectivity index (χ3n) is 3.33. The lowest BCUT2D eigenvalue weighted by atomic mass is 10.2. The second-order valence-corrected chi connectivity index (χ2v) is 4.35. The first kappa shape index (κ1) is 10.8. The first-order valence-electron chi connectivity index (χ1n) is 5.70. The SMILES string of the molecule is [N-]=[N+]=NC1CCC(n2cnc3c(O)ncnc32)C1. The van der Waals surface area contributed by atoms with Gasteiger partial charge in [0.25, 0.3) is 0 Å². The molecule has 0 amide bonds. The van der Waals surface area contributed by atoms with Gasteiger partial charge in [-0.15, -0.1) is 0 Å². The molecule has 0 aliphatic heterocycles. The molecule has 0 spiro atoms. The van der Waals surface area contributed by atoms with Crippen molar-refractivity contribution in [3.8, 4) is 5.88 Å². The number of imidazole rings is 1. The molecule has 0 radical (unpaired) electrons. The molecule has 8 heteroatoms. The lowest BCUT2D eigenvalue weighted by Gasteiger charge is -2.11. The summed E-state index contributed by atoms with van der Waals surface area (Å²) in [5.74, 6) is -0.108. The first-order chi connectivity index (χ1) is 8.79. The minimum absolute atomic E-state index is 0.0351. The number of azide groups is 1. The second kappa shape index (κ2) is 4.15. The van der Waals surface area contributed by atoms with Crippen LogP contribution >= 0.6 is 0 Å². The highest BCUT2D eigenvalue weighted by Gasteiger charge is 2.26. The Morgan fingerprint density at radius 2 is 2.28 bits per heavy atom. The largest absolute Gasteiger partial charge is 0.492 e. The van der Waals surface area contributed by atoms with Crippen molar-refractivity contribution in [2.45, 2.75) is 31.3 Å². The van der Waals surface area contributed by atoms with E-state index in [0.717, 1.165) is 19.3 Å². The molecule has 18 heavy (non-hydrogen) atoms. The van der Waals surface area contributed by atoms with Crippen LogP contribution in [0.25, 0.3) is 21.6 Å². The standard InChI is InChI=1S/C10H11N7O/c11-16-15-6-1-2-7(3-6)17-5-14-8-9(17)12-4-13-10(8)18/h4-7H,1-3H2,(H,12,13,18). The van der Waals surface area contributed by atoms with Crippen molar-refractivity contribution in [2.75, 3.05) is 0 Å². The Morgan fingerprint density at radius 1 is 1.39 bits per heavy atom. The summed E-state index contributed by atoms with van der Waals surface area (Å²) < 4.78 is 1.92. The van der Waals surface area contributed by atoms with Crippen LogP contribution in [0, 0.1) is 0 Å². The molecule has 2 unspecified atom stereocenters. The average molecular weight is 245 g/mol. The maximum atomic E-state index is 9.57. The van der Waals surface area contributed by atoms with Crippen LogP contribution in [-0.2, 0) is 0 Å². The van der Waals surface area contributed by atoms with Crippen LogP contribution in [0.2, 0.25) is 0 Å². The highest BCUT2D eigenvalue weighted by Crippen LogP contribution is 2.34. The highest BCUT2D eigenvalue weighted by molar-refractivity contribution is 5.75. The van der Waals surface area contributed by atoms with Gasteiger partial charge < -0.3 is 9.67 Å². The molecule has 2 aromatic rings. The Hall–Kier alpha value is -2.34. The number of fused-ring (bicyclic) bond motifs is 1. The molecule has 1 aliphatic carbocycles. The fourth-order valence-corrected chi connectivity index (χ4v) is 2.47. The predicted octanol–water partition coefficient (Wildman–Crippen LogP) is 1.94. The Bertz CT molecular complexity index is 630. The van der Waals surface area contributed by atoms with Crippen LogP contribution in [0.15, 0.2) is 17.8 Å². The van der Waals surface area contributed by atoms with Crippen LogP contribution in [-0.4, -0.2) is 30.7 Å². The minimum atomic E-state index is -0.108. The summed E-state index contributed by atoms with van der Waals surface area (Å²) >= 11 is 0. The molecule has 1 fully saturated rings. The van der Waals surface area contributed by atoms with Crippen molar-refractivity contribution < 1.29 is 5.11 Å². The minimum Gasteiger partial charge on any atom is -0.492 e. The topological polar surface area (TPSA) is 113 Å². The molecule has 1 saturated carbocycles. The zero-order valence-corrected chi connectivity index (χ0v) is 9.51. The number of aromatic hydroxyl groups is 1. The van der Waals surface area contributed by atoms with Crippen molar-refractivity contribution in [3.63, 3.8) is 0 Å². The summed E-state index contributed by atoms with van der Waals surface area (Å²) in [5.41, 5.74) is 9.46. The van der Waals surface area contributed by atoms with E-state index in [-0.39, 0.29) is 18.0 Å². The van der Waals surface area contributed by atoms with E-state index < -0.39 is 0 Å². The molecular weight excluding hydrogens is 234 g/mol. The molecule has 1 aliphatic rings. The Balaban J connectivity index is 1.96. The van der Waals surface area contributed by atoms with Gasteiger partial charge in [0.1, 0.15) is 6.33 Å². The van der Waals surface area contributed by atoms with Crippen LogP contribution in [0.4, 0.5) is 0 Å². The first-order valence-corrected chi connectivity index (χ1v) is 5.70. The molecule has 2 atom stereocenters. The van der Waals surface area contributed by atoms with E-state index in [4.69, 9.17) is 5.53 Å². The molecule has 0 bridgehead atoms. The van der Waals surface area contributed by atoms with Crippen LogP contribution < -0.4 is 0 Å². The van der Waals surface area contributed by atoms with Gasteiger partial charge in [-0.1, -0.05) is 5.11 Å². The number of nitrogens with zero attached hydrogens (tertiary/aromatic N) is 7. The van der Waals surface area contributed by atoms with Crippen LogP contribution in [0.3, 0.4) is 0 Å². The number of hydrogen-bond donors (Lipinski definition) is 1. The highest BCUT2D eigenvalue weighted by atomic mass is 16.3. The van der Waals surface area contributed by atoms with Crippen LogP contribution in [0.5, 0.6) is 5.88 Å². The zero-order valence-electron chi connectivity index (χ0n) is 9.51. The third kappa shape index (κ3) is 1.63. The summed E-state index contributed by atoms with van der Waals surface area (Å²) in [6.45, 7) is 0. The average Bonchev–Trinajstić information content (AvgIpc) is 2.96. The summed E-state index contributed by atoms with van der Waals surface area (Å²) in [4.78, 5) is 14.8. The number of rotatable bonds is 2. The summed E-state index contributed by atoms with van der Waals surface area (Å²) in [6.07, 6.45) is 5.53. The van der Waals surface area contributed by atoms with Crippen molar-refractivity contribution >= 4 is 11.2 Å². The summed E-state index contributed by atoms with van der Waals surface area (Å²) in [7, 11) is 0. The van der Waals surface area contributed by atoms with E-state index in [9.17, 15) is 5.11 Å². The summed E-state index contributed by atoms with van der Waals surface area (Å²) in [5, 5.41) is 13.3. The zero-order chi connectivity index (χ0) is 12.5. The van der Waals surface area contributed by atoms with E-state index in [0.29, 0.717) is 11.2 Å². The second-order valence-electron chi connectivity index (χ2n) is 4.35. The lowest BCUT2D eigenvalue weighted by Crippen LogP contribution is -2.06. The van der Waals surface area contributed by atoms with Gasteiger partial charge in [0.2, 0.25) is 5.88 Å². The molecule has 3 rings (SSSR count). The Morgan fingerprint density at radius 3 is 3.11 bits per heavy atom. The van der Waals surface area contributed by atoms with Gasteiger partial charge >= 0.3 is 0 Å². The fourth-order valence-electron chi connectivity index (χ4n) is 2.47. The quantitative estimate of drug-likeness (QED) is 0.494. The van der Waals surface area contributed by atoms with Gasteiger partial charge in [0, 0.05) is 17.0 Å². The van der Waals surface area contributed by atoms with E-state index in [1.807, 2.05) is 4.57 Å². The maximum absolute atomic E-state index is 9.57. The Labute approximate surface area is 102 Å². The van der Waals surface area contributed by atoms with Gasteiger partial charge in [0.15, 0.2) is 11.2 Å². The van der Waals surface area contributed by atoms with Crippen LogP contribution in [0.1, 0.15) is 25.3 Å². The van der Waals surface area contributed by atoms with Gasteiger partial charge in [-0.3, -0.25) is 0 Å². The fraction of sp³-hybridized carbons (Fsp3) is 0.500. The normalized spacial score (nSPS) is 23.1. The van der Waals surface area contributed by atoms with E-state index in [2.05, 4.69) is 25.0 Å². The van der Waals surface area contributed by atoms with Gasteiger partial charge in [-0.05, 0) is 24.8 Å². The van der Waals surface area contributed by atoms with E-state index in [1.165, 1.54) is 6.33 Å². The van der Waals surface area contributed by atoms with Crippen molar-refractivity contribution in [1.82, 2.24) is 19.5 Å². The molecule has 2 heterocycles. The molecular formula is C10H11N7O. The van der Waals surface area contributed by atoms with E-state index in [1.54, 1.807) is 6.33 Å². The third-order valence-corrected chi connectivity index (χ3v) is 3.33. The molecule has 1 N–H and O–H groups in total. The van der Waals surface area contributed by atoms with Gasteiger partial charge in [-0.25, -0.2) is 9.97 Å². The summed E-state index contributed by atoms with van der Waals surface area (Å²) in [6, 6.07) is 0.243. The maximum Gasteiger partial charge on any atom is 0.242 e. The molecule has 2 aromatic heterocycles. The molecule has 0 saturated heterocycles. The number of aromatic nitrogens is 4. The molecule has 8 nitrogen and oxygen atoms in total. The lowest BCUT2D eigenvalue weighted by molar-refractivity contribution is 0.457. The Kier molecular flexibility index (Phi) is 2.49. The van der Waals surface area contributed by atoms with Crippen molar-refractivity contribution in [3.05, 3.63) is 23.1 Å². The van der Waals surface area contributed by atoms with E-state index >= 15 is 0 Å². The van der Waals surface area contributed by atoms with Gasteiger partial charge in [0.05, 0.1) is 6.33 Å². The van der Waals surface area contributed by atoms with Gasteiger partial charge in [-0.2, -0.15) is 4.98 Å². The predicted molar refractivity (Wildman–Crippen MR) is 62.8 cm³/mol.